The number of halogens is 1. The number of rotatable bonds is 2. The average molecular weight is 258 g/mol. The SMILES string of the molecule is COc1ccc2nc(-c3ccc(N)c(F)c3)oc2c1. The first-order valence-corrected chi connectivity index (χ1v) is 5.67. The average Bonchev–Trinajstić information content (AvgIpc) is 2.84. The summed E-state index contributed by atoms with van der Waals surface area (Å²) in [6.07, 6.45) is 0. The normalized spacial score (nSPS) is 10.8. The second-order valence-corrected chi connectivity index (χ2v) is 4.09. The van der Waals surface area contributed by atoms with Crippen LogP contribution in [0.5, 0.6) is 5.75 Å². The van der Waals surface area contributed by atoms with E-state index in [4.69, 9.17) is 14.9 Å². The molecule has 2 aromatic carbocycles. The lowest BCUT2D eigenvalue weighted by Crippen LogP contribution is -1.90. The van der Waals surface area contributed by atoms with Crippen LogP contribution in [0.4, 0.5) is 10.1 Å². The molecule has 0 radical (unpaired) electrons. The Morgan fingerprint density at radius 2 is 2.05 bits per heavy atom. The predicted molar refractivity (Wildman–Crippen MR) is 70.4 cm³/mol. The minimum Gasteiger partial charge on any atom is -0.497 e. The standard InChI is InChI=1S/C14H11FN2O2/c1-18-9-3-5-12-13(7-9)19-14(17-12)8-2-4-11(16)10(15)6-8/h2-7H,16H2,1H3. The second kappa shape index (κ2) is 4.28. The van der Waals surface area contributed by atoms with E-state index in [2.05, 4.69) is 4.98 Å². The number of methoxy groups -OCH3 is 1. The van der Waals surface area contributed by atoms with Gasteiger partial charge in [0.05, 0.1) is 12.8 Å². The summed E-state index contributed by atoms with van der Waals surface area (Å²) in [7, 11) is 1.58. The van der Waals surface area contributed by atoms with Crippen molar-refractivity contribution in [3.8, 4) is 17.2 Å². The van der Waals surface area contributed by atoms with Crippen LogP contribution in [0, 0.1) is 5.82 Å². The molecule has 0 atom stereocenters. The highest BCUT2D eigenvalue weighted by Crippen LogP contribution is 2.28. The molecule has 0 aliphatic heterocycles. The number of anilines is 1. The van der Waals surface area contributed by atoms with Gasteiger partial charge in [-0.05, 0) is 30.3 Å². The Morgan fingerprint density at radius 1 is 1.21 bits per heavy atom. The lowest BCUT2D eigenvalue weighted by molar-refractivity contribution is 0.414. The summed E-state index contributed by atoms with van der Waals surface area (Å²) in [5.74, 6) is 0.540. The highest BCUT2D eigenvalue weighted by molar-refractivity contribution is 5.77. The summed E-state index contributed by atoms with van der Waals surface area (Å²) in [6, 6.07) is 9.77. The van der Waals surface area contributed by atoms with Gasteiger partial charge in [-0.25, -0.2) is 9.37 Å². The monoisotopic (exact) mass is 258 g/mol. The third-order valence-corrected chi connectivity index (χ3v) is 2.84. The van der Waals surface area contributed by atoms with E-state index in [9.17, 15) is 4.39 Å². The fourth-order valence-electron chi connectivity index (χ4n) is 1.82. The van der Waals surface area contributed by atoms with Crippen molar-refractivity contribution >= 4 is 16.8 Å². The number of aromatic nitrogens is 1. The topological polar surface area (TPSA) is 61.3 Å². The summed E-state index contributed by atoms with van der Waals surface area (Å²) in [6.45, 7) is 0. The van der Waals surface area contributed by atoms with Crippen LogP contribution in [0.3, 0.4) is 0 Å². The van der Waals surface area contributed by atoms with Crippen LogP contribution in [0.15, 0.2) is 40.8 Å². The Hall–Kier alpha value is -2.56. The Balaban J connectivity index is 2.11. The number of hydrogen-bond donors (Lipinski definition) is 1. The van der Waals surface area contributed by atoms with Crippen molar-refractivity contribution in [3.05, 3.63) is 42.2 Å². The van der Waals surface area contributed by atoms with E-state index in [1.54, 1.807) is 31.4 Å². The molecule has 0 saturated heterocycles. The molecular formula is C14H11FN2O2. The van der Waals surface area contributed by atoms with Gasteiger partial charge >= 0.3 is 0 Å². The second-order valence-electron chi connectivity index (χ2n) is 4.09. The van der Waals surface area contributed by atoms with Gasteiger partial charge in [0.1, 0.15) is 17.1 Å². The molecule has 0 amide bonds. The van der Waals surface area contributed by atoms with Gasteiger partial charge in [0.2, 0.25) is 5.89 Å². The molecule has 0 fully saturated rings. The lowest BCUT2D eigenvalue weighted by Gasteiger charge is -1.98. The zero-order valence-electron chi connectivity index (χ0n) is 10.2. The minimum atomic E-state index is -0.489. The number of benzene rings is 2. The molecule has 0 aliphatic carbocycles. The number of hydrogen-bond acceptors (Lipinski definition) is 4. The number of fused-ring (bicyclic) bond motifs is 1. The number of ether oxygens (including phenoxy) is 1. The van der Waals surface area contributed by atoms with Crippen molar-refractivity contribution in [2.24, 2.45) is 0 Å². The van der Waals surface area contributed by atoms with E-state index >= 15 is 0 Å². The van der Waals surface area contributed by atoms with E-state index in [1.165, 1.54) is 12.1 Å². The highest BCUT2D eigenvalue weighted by atomic mass is 19.1. The molecule has 0 spiro atoms. The van der Waals surface area contributed by atoms with Gasteiger partial charge in [-0.1, -0.05) is 0 Å². The van der Waals surface area contributed by atoms with Crippen LogP contribution >= 0.6 is 0 Å². The summed E-state index contributed by atoms with van der Waals surface area (Å²) >= 11 is 0. The van der Waals surface area contributed by atoms with E-state index in [0.29, 0.717) is 28.3 Å². The van der Waals surface area contributed by atoms with Gasteiger partial charge in [0, 0.05) is 11.6 Å². The van der Waals surface area contributed by atoms with Crippen molar-refractivity contribution in [2.45, 2.75) is 0 Å². The maximum Gasteiger partial charge on any atom is 0.227 e. The lowest BCUT2D eigenvalue weighted by atomic mass is 10.2. The van der Waals surface area contributed by atoms with Crippen molar-refractivity contribution in [1.82, 2.24) is 4.98 Å². The maximum atomic E-state index is 13.4. The van der Waals surface area contributed by atoms with Crippen LogP contribution in [0.2, 0.25) is 0 Å². The Bertz CT molecular complexity index is 752. The fourth-order valence-corrected chi connectivity index (χ4v) is 1.82. The Morgan fingerprint density at radius 3 is 2.79 bits per heavy atom. The molecule has 1 aromatic heterocycles. The maximum absolute atomic E-state index is 13.4. The smallest absolute Gasteiger partial charge is 0.227 e. The van der Waals surface area contributed by atoms with Crippen LogP contribution in [0.1, 0.15) is 0 Å². The zero-order valence-corrected chi connectivity index (χ0v) is 10.2. The van der Waals surface area contributed by atoms with Crippen LogP contribution < -0.4 is 10.5 Å². The van der Waals surface area contributed by atoms with E-state index in [1.807, 2.05) is 0 Å². The van der Waals surface area contributed by atoms with E-state index in [-0.39, 0.29) is 5.69 Å². The van der Waals surface area contributed by atoms with Crippen molar-refractivity contribution < 1.29 is 13.5 Å². The van der Waals surface area contributed by atoms with Gasteiger partial charge in [-0.2, -0.15) is 0 Å². The van der Waals surface area contributed by atoms with Gasteiger partial charge < -0.3 is 14.9 Å². The molecule has 0 unspecified atom stereocenters. The molecule has 1 heterocycles. The molecule has 2 N–H and O–H groups in total. The van der Waals surface area contributed by atoms with Crippen LogP contribution in [0.25, 0.3) is 22.6 Å². The minimum absolute atomic E-state index is 0.0986. The summed E-state index contributed by atoms with van der Waals surface area (Å²) in [5, 5.41) is 0. The fraction of sp³-hybridized carbons (Fsp3) is 0.0714. The number of nitrogens with zero attached hydrogens (tertiary/aromatic N) is 1. The van der Waals surface area contributed by atoms with Crippen LogP contribution in [-0.4, -0.2) is 12.1 Å². The molecule has 4 nitrogen and oxygen atoms in total. The Kier molecular flexibility index (Phi) is 2.59. The van der Waals surface area contributed by atoms with Gasteiger partial charge in [-0.3, -0.25) is 0 Å². The third-order valence-electron chi connectivity index (χ3n) is 2.84. The summed E-state index contributed by atoms with van der Waals surface area (Å²) in [4.78, 5) is 4.30. The van der Waals surface area contributed by atoms with Crippen molar-refractivity contribution in [3.63, 3.8) is 0 Å². The molecule has 5 heteroatoms. The molecule has 3 aromatic rings. The van der Waals surface area contributed by atoms with Crippen molar-refractivity contribution in [2.75, 3.05) is 12.8 Å². The molecule has 96 valence electrons. The number of nitrogen functional groups attached to an aromatic ring is 1. The molecule has 3 rings (SSSR count). The van der Waals surface area contributed by atoms with Crippen molar-refractivity contribution in [1.29, 1.82) is 0 Å². The number of nitrogens with two attached hydrogens (primary N) is 1. The summed E-state index contributed by atoms with van der Waals surface area (Å²) in [5.41, 5.74) is 7.36. The largest absolute Gasteiger partial charge is 0.497 e. The quantitative estimate of drug-likeness (QED) is 0.717. The Labute approximate surface area is 108 Å². The predicted octanol–water partition coefficient (Wildman–Crippen LogP) is 3.22. The third kappa shape index (κ3) is 1.99. The van der Waals surface area contributed by atoms with E-state index in [0.717, 1.165) is 0 Å². The van der Waals surface area contributed by atoms with E-state index < -0.39 is 5.82 Å². The molecular weight excluding hydrogens is 247 g/mol. The molecule has 19 heavy (non-hydrogen) atoms. The molecule has 0 bridgehead atoms. The first-order chi connectivity index (χ1) is 9.17. The first kappa shape index (κ1) is 11.5. The van der Waals surface area contributed by atoms with Gasteiger partial charge in [-0.15, -0.1) is 0 Å². The van der Waals surface area contributed by atoms with Crippen LogP contribution in [-0.2, 0) is 0 Å². The van der Waals surface area contributed by atoms with Gasteiger partial charge in [0.25, 0.3) is 0 Å². The summed E-state index contributed by atoms with van der Waals surface area (Å²) < 4.78 is 24.1. The zero-order chi connectivity index (χ0) is 13.4. The molecule has 0 saturated carbocycles. The number of oxazole rings is 1. The first-order valence-electron chi connectivity index (χ1n) is 5.67. The molecule has 0 aliphatic rings. The highest BCUT2D eigenvalue weighted by Gasteiger charge is 2.10. The van der Waals surface area contributed by atoms with Gasteiger partial charge in [0.15, 0.2) is 5.58 Å².